The Bertz CT molecular complexity index is 484. The van der Waals surface area contributed by atoms with Crippen LogP contribution in [0, 0.1) is 5.41 Å². The molecule has 1 heterocycles. The highest BCUT2D eigenvalue weighted by atomic mass is 79.9. The molecule has 118 valence electrons. The Kier molecular flexibility index (Phi) is 5.73. The molecule has 0 radical (unpaired) electrons. The van der Waals surface area contributed by atoms with Gasteiger partial charge in [0.05, 0.1) is 6.61 Å². The largest absolute Gasteiger partial charge is 0.493 e. The molecule has 0 aromatic heterocycles. The summed E-state index contributed by atoms with van der Waals surface area (Å²) in [7, 11) is 0. The van der Waals surface area contributed by atoms with Crippen LogP contribution in [-0.4, -0.2) is 19.2 Å². The van der Waals surface area contributed by atoms with Crippen LogP contribution in [0.4, 0.5) is 0 Å². The van der Waals surface area contributed by atoms with Gasteiger partial charge in [0.15, 0.2) is 0 Å². The zero-order chi connectivity index (χ0) is 15.5. The second-order valence-electron chi connectivity index (χ2n) is 7.05. The lowest BCUT2D eigenvalue weighted by atomic mass is 9.80. The minimum Gasteiger partial charge on any atom is -0.493 e. The summed E-state index contributed by atoms with van der Waals surface area (Å²) >= 11 is 3.64. The number of hydrogen-bond acceptors (Lipinski definition) is 2. The fourth-order valence-electron chi connectivity index (χ4n) is 3.36. The topological polar surface area (TPSA) is 21.3 Å². The van der Waals surface area contributed by atoms with E-state index in [4.69, 9.17) is 4.74 Å². The SMILES string of the molecule is CCCNC(C)CC(C)(C)Cc1cc(Br)cc2c1OCC2. The molecule has 0 aliphatic carbocycles. The van der Waals surface area contributed by atoms with E-state index in [2.05, 4.69) is 61.1 Å². The van der Waals surface area contributed by atoms with Crippen molar-refractivity contribution in [3.05, 3.63) is 27.7 Å². The molecule has 2 rings (SSSR count). The van der Waals surface area contributed by atoms with Crippen molar-refractivity contribution >= 4 is 15.9 Å². The Morgan fingerprint density at radius 1 is 1.38 bits per heavy atom. The van der Waals surface area contributed by atoms with Gasteiger partial charge in [0.2, 0.25) is 0 Å². The van der Waals surface area contributed by atoms with Crippen LogP contribution in [-0.2, 0) is 12.8 Å². The highest BCUT2D eigenvalue weighted by Gasteiger charge is 2.26. The van der Waals surface area contributed by atoms with E-state index in [0.717, 1.165) is 31.7 Å². The van der Waals surface area contributed by atoms with E-state index < -0.39 is 0 Å². The summed E-state index contributed by atoms with van der Waals surface area (Å²) in [4.78, 5) is 0. The minimum atomic E-state index is 0.265. The highest BCUT2D eigenvalue weighted by molar-refractivity contribution is 9.10. The van der Waals surface area contributed by atoms with Crippen LogP contribution in [0.25, 0.3) is 0 Å². The maximum Gasteiger partial charge on any atom is 0.125 e. The zero-order valence-corrected chi connectivity index (χ0v) is 15.3. The molecule has 1 atom stereocenters. The Labute approximate surface area is 137 Å². The van der Waals surface area contributed by atoms with Gasteiger partial charge in [-0.3, -0.25) is 0 Å². The van der Waals surface area contributed by atoms with Crippen molar-refractivity contribution in [2.75, 3.05) is 13.2 Å². The number of nitrogens with one attached hydrogen (secondary N) is 1. The molecule has 1 aliphatic heterocycles. The van der Waals surface area contributed by atoms with Gasteiger partial charge in [-0.05, 0) is 61.4 Å². The van der Waals surface area contributed by atoms with Crippen molar-refractivity contribution in [3.63, 3.8) is 0 Å². The van der Waals surface area contributed by atoms with Crippen LogP contribution in [0.5, 0.6) is 5.75 Å². The monoisotopic (exact) mass is 353 g/mol. The van der Waals surface area contributed by atoms with E-state index >= 15 is 0 Å². The molecule has 1 aromatic rings. The molecule has 0 spiro atoms. The number of fused-ring (bicyclic) bond motifs is 1. The summed E-state index contributed by atoms with van der Waals surface area (Å²) in [5.41, 5.74) is 2.97. The molecule has 1 aliphatic rings. The van der Waals surface area contributed by atoms with Crippen LogP contribution < -0.4 is 10.1 Å². The number of ether oxygens (including phenoxy) is 1. The van der Waals surface area contributed by atoms with Crippen molar-refractivity contribution in [2.45, 2.75) is 59.4 Å². The molecule has 0 saturated carbocycles. The first kappa shape index (κ1) is 16.8. The van der Waals surface area contributed by atoms with E-state index in [9.17, 15) is 0 Å². The van der Waals surface area contributed by atoms with Gasteiger partial charge in [-0.25, -0.2) is 0 Å². The summed E-state index contributed by atoms with van der Waals surface area (Å²) in [6.07, 6.45) is 4.47. The van der Waals surface area contributed by atoms with Gasteiger partial charge < -0.3 is 10.1 Å². The average molecular weight is 354 g/mol. The van der Waals surface area contributed by atoms with Gasteiger partial charge in [-0.1, -0.05) is 36.7 Å². The molecule has 2 nitrogen and oxygen atoms in total. The molecular weight excluding hydrogens is 326 g/mol. The first-order chi connectivity index (χ1) is 9.91. The predicted molar refractivity (Wildman–Crippen MR) is 93.2 cm³/mol. The number of halogens is 1. The van der Waals surface area contributed by atoms with E-state index in [-0.39, 0.29) is 5.41 Å². The summed E-state index contributed by atoms with van der Waals surface area (Å²) in [5.74, 6) is 1.14. The Hall–Kier alpha value is -0.540. The standard InChI is InChI=1S/C18H28BrNO/c1-5-7-20-13(2)11-18(3,4)12-15-10-16(19)9-14-6-8-21-17(14)15/h9-10,13,20H,5-8,11-12H2,1-4H3. The predicted octanol–water partition coefficient (Wildman–Crippen LogP) is 4.73. The van der Waals surface area contributed by atoms with Crippen molar-refractivity contribution in [2.24, 2.45) is 5.41 Å². The van der Waals surface area contributed by atoms with Crippen LogP contribution >= 0.6 is 15.9 Å². The average Bonchev–Trinajstić information content (AvgIpc) is 2.83. The molecule has 1 unspecified atom stereocenters. The van der Waals surface area contributed by atoms with Gasteiger partial charge >= 0.3 is 0 Å². The Balaban J connectivity index is 2.06. The van der Waals surface area contributed by atoms with Crippen LogP contribution in [0.3, 0.4) is 0 Å². The van der Waals surface area contributed by atoms with E-state index in [1.807, 2.05) is 0 Å². The lowest BCUT2D eigenvalue weighted by molar-refractivity contribution is 0.281. The minimum absolute atomic E-state index is 0.265. The fourth-order valence-corrected chi connectivity index (χ4v) is 3.91. The maximum atomic E-state index is 5.86. The first-order valence-electron chi connectivity index (χ1n) is 8.09. The molecule has 1 aromatic carbocycles. The molecular formula is C18H28BrNO. The van der Waals surface area contributed by atoms with Gasteiger partial charge in [0.25, 0.3) is 0 Å². The maximum absolute atomic E-state index is 5.86. The highest BCUT2D eigenvalue weighted by Crippen LogP contribution is 2.38. The first-order valence-corrected chi connectivity index (χ1v) is 8.88. The van der Waals surface area contributed by atoms with E-state index in [0.29, 0.717) is 6.04 Å². The van der Waals surface area contributed by atoms with Gasteiger partial charge in [0.1, 0.15) is 5.75 Å². The molecule has 0 amide bonds. The Morgan fingerprint density at radius 3 is 2.86 bits per heavy atom. The van der Waals surface area contributed by atoms with Crippen LogP contribution in [0.15, 0.2) is 16.6 Å². The van der Waals surface area contributed by atoms with Crippen molar-refractivity contribution < 1.29 is 4.74 Å². The molecule has 1 N–H and O–H groups in total. The third-order valence-electron chi connectivity index (χ3n) is 4.10. The summed E-state index contributed by atoms with van der Waals surface area (Å²) in [6.45, 7) is 11.2. The third kappa shape index (κ3) is 4.72. The van der Waals surface area contributed by atoms with E-state index in [1.54, 1.807) is 0 Å². The number of rotatable bonds is 7. The van der Waals surface area contributed by atoms with Crippen LogP contribution in [0.1, 0.15) is 51.7 Å². The number of benzene rings is 1. The summed E-state index contributed by atoms with van der Waals surface area (Å²) in [5, 5.41) is 3.60. The third-order valence-corrected chi connectivity index (χ3v) is 4.55. The molecule has 0 saturated heterocycles. The summed E-state index contributed by atoms with van der Waals surface area (Å²) in [6, 6.07) is 4.99. The second kappa shape index (κ2) is 7.15. The number of hydrogen-bond donors (Lipinski definition) is 1. The second-order valence-corrected chi connectivity index (χ2v) is 7.97. The molecule has 21 heavy (non-hydrogen) atoms. The molecule has 3 heteroatoms. The van der Waals surface area contributed by atoms with E-state index in [1.165, 1.54) is 28.4 Å². The Morgan fingerprint density at radius 2 is 2.14 bits per heavy atom. The smallest absolute Gasteiger partial charge is 0.125 e. The lowest BCUT2D eigenvalue weighted by Gasteiger charge is -2.29. The van der Waals surface area contributed by atoms with Crippen molar-refractivity contribution in [3.8, 4) is 5.75 Å². The summed E-state index contributed by atoms with van der Waals surface area (Å²) < 4.78 is 7.04. The lowest BCUT2D eigenvalue weighted by Crippen LogP contribution is -2.32. The molecule has 0 bridgehead atoms. The van der Waals surface area contributed by atoms with Crippen molar-refractivity contribution in [1.29, 1.82) is 0 Å². The fraction of sp³-hybridized carbons (Fsp3) is 0.667. The van der Waals surface area contributed by atoms with Crippen molar-refractivity contribution in [1.82, 2.24) is 5.32 Å². The van der Waals surface area contributed by atoms with Crippen LogP contribution in [0.2, 0.25) is 0 Å². The molecule has 0 fully saturated rings. The van der Waals surface area contributed by atoms with Gasteiger partial charge in [-0.15, -0.1) is 0 Å². The van der Waals surface area contributed by atoms with Gasteiger partial charge in [-0.2, -0.15) is 0 Å². The normalized spacial score (nSPS) is 15.7. The van der Waals surface area contributed by atoms with Gasteiger partial charge in [0, 0.05) is 16.9 Å². The zero-order valence-electron chi connectivity index (χ0n) is 13.8. The quantitative estimate of drug-likeness (QED) is 0.764.